The lowest BCUT2D eigenvalue weighted by molar-refractivity contribution is -0.0512. The van der Waals surface area contributed by atoms with Crippen molar-refractivity contribution in [3.8, 4) is 11.5 Å². The molecule has 1 aromatic rings. The maximum atomic E-state index is 12.2. The van der Waals surface area contributed by atoms with Crippen molar-refractivity contribution >= 4 is 5.90 Å². The van der Waals surface area contributed by atoms with Gasteiger partial charge >= 0.3 is 6.61 Å². The Morgan fingerprint density at radius 3 is 2.59 bits per heavy atom. The van der Waals surface area contributed by atoms with Crippen LogP contribution in [0.2, 0.25) is 0 Å². The maximum absolute atomic E-state index is 12.2. The van der Waals surface area contributed by atoms with E-state index in [1.165, 1.54) is 25.3 Å². The molecule has 0 spiro atoms. The second-order valence-corrected chi connectivity index (χ2v) is 3.01. The smallest absolute Gasteiger partial charge is 0.387 e. The quantitative estimate of drug-likeness (QED) is 0.641. The summed E-state index contributed by atoms with van der Waals surface area (Å²) in [5.41, 5.74) is 0.350. The van der Waals surface area contributed by atoms with E-state index in [2.05, 4.69) is 4.74 Å². The van der Waals surface area contributed by atoms with Gasteiger partial charge in [-0.2, -0.15) is 8.78 Å². The molecule has 0 radical (unpaired) electrons. The molecule has 4 nitrogen and oxygen atoms in total. The zero-order valence-electron chi connectivity index (χ0n) is 9.50. The first-order chi connectivity index (χ1) is 8.08. The predicted octanol–water partition coefficient (Wildman–Crippen LogP) is 2.66. The molecule has 0 bridgehead atoms. The van der Waals surface area contributed by atoms with Gasteiger partial charge in [-0.15, -0.1) is 0 Å². The Morgan fingerprint density at radius 1 is 1.35 bits per heavy atom. The van der Waals surface area contributed by atoms with E-state index < -0.39 is 6.61 Å². The number of halogens is 2. The van der Waals surface area contributed by atoms with E-state index in [9.17, 15) is 8.78 Å². The number of alkyl halides is 2. The molecule has 0 saturated carbocycles. The van der Waals surface area contributed by atoms with E-state index in [4.69, 9.17) is 14.9 Å². The van der Waals surface area contributed by atoms with E-state index in [1.807, 2.05) is 0 Å². The van der Waals surface area contributed by atoms with Crippen molar-refractivity contribution < 1.29 is 23.0 Å². The van der Waals surface area contributed by atoms with E-state index in [0.717, 1.165) is 0 Å². The van der Waals surface area contributed by atoms with Crippen LogP contribution in [-0.4, -0.2) is 26.2 Å². The fourth-order valence-corrected chi connectivity index (χ4v) is 1.23. The summed E-state index contributed by atoms with van der Waals surface area (Å²) in [6, 6.07) is 4.26. The van der Waals surface area contributed by atoms with Crippen LogP contribution in [0.15, 0.2) is 18.2 Å². The average molecular weight is 245 g/mol. The third-order valence-electron chi connectivity index (χ3n) is 1.93. The molecule has 0 unspecified atom stereocenters. The lowest BCUT2D eigenvalue weighted by Gasteiger charge is -2.12. The van der Waals surface area contributed by atoms with Gasteiger partial charge in [-0.25, -0.2) is 0 Å². The van der Waals surface area contributed by atoms with Gasteiger partial charge in [0, 0.05) is 5.56 Å². The fourth-order valence-electron chi connectivity index (χ4n) is 1.23. The van der Waals surface area contributed by atoms with Crippen molar-refractivity contribution in [3.63, 3.8) is 0 Å². The Morgan fingerprint density at radius 2 is 2.06 bits per heavy atom. The molecule has 6 heteroatoms. The minimum atomic E-state index is -2.94. The number of rotatable bonds is 5. The van der Waals surface area contributed by atoms with Gasteiger partial charge in [-0.05, 0) is 25.1 Å². The van der Waals surface area contributed by atoms with Gasteiger partial charge in [0.25, 0.3) is 0 Å². The van der Waals surface area contributed by atoms with Gasteiger partial charge in [0.15, 0.2) is 11.5 Å². The summed E-state index contributed by atoms with van der Waals surface area (Å²) in [4.78, 5) is 0. The SMILES string of the molecule is CCOC(=N)c1ccc(OC)c(OC(F)F)c1. The van der Waals surface area contributed by atoms with E-state index in [1.54, 1.807) is 6.92 Å². The Labute approximate surface area is 97.6 Å². The lowest BCUT2D eigenvalue weighted by Crippen LogP contribution is -2.07. The van der Waals surface area contributed by atoms with Crippen molar-refractivity contribution in [1.29, 1.82) is 5.41 Å². The average Bonchev–Trinajstić information content (AvgIpc) is 2.28. The van der Waals surface area contributed by atoms with Gasteiger partial charge in [-0.3, -0.25) is 5.41 Å². The summed E-state index contributed by atoms with van der Waals surface area (Å²) in [5.74, 6) is -0.0444. The molecule has 0 fully saturated rings. The normalized spacial score (nSPS) is 10.2. The first-order valence-corrected chi connectivity index (χ1v) is 4.93. The Bertz CT molecular complexity index is 396. The molecule has 0 aliphatic heterocycles. The van der Waals surface area contributed by atoms with Gasteiger partial charge in [0.2, 0.25) is 5.90 Å². The topological polar surface area (TPSA) is 51.5 Å². The Hall–Kier alpha value is -1.85. The zero-order chi connectivity index (χ0) is 12.8. The van der Waals surface area contributed by atoms with Gasteiger partial charge in [-0.1, -0.05) is 0 Å². The molecular formula is C11H13F2NO3. The van der Waals surface area contributed by atoms with E-state index in [-0.39, 0.29) is 17.4 Å². The number of methoxy groups -OCH3 is 1. The molecule has 0 amide bonds. The van der Waals surface area contributed by atoms with Crippen LogP contribution in [0.25, 0.3) is 0 Å². The van der Waals surface area contributed by atoms with Crippen LogP contribution in [0.4, 0.5) is 8.78 Å². The summed E-state index contributed by atoms with van der Waals surface area (Å²) < 4.78 is 38.4. The molecule has 94 valence electrons. The minimum Gasteiger partial charge on any atom is -0.493 e. The molecule has 0 saturated heterocycles. The van der Waals surface area contributed by atoms with Crippen LogP contribution in [0, 0.1) is 5.41 Å². The van der Waals surface area contributed by atoms with Crippen LogP contribution in [0.1, 0.15) is 12.5 Å². The highest BCUT2D eigenvalue weighted by Gasteiger charge is 2.13. The predicted molar refractivity (Wildman–Crippen MR) is 58.1 cm³/mol. The largest absolute Gasteiger partial charge is 0.493 e. The van der Waals surface area contributed by atoms with Crippen LogP contribution in [-0.2, 0) is 4.74 Å². The van der Waals surface area contributed by atoms with Crippen molar-refractivity contribution in [2.24, 2.45) is 0 Å². The summed E-state index contributed by atoms with van der Waals surface area (Å²) in [6.07, 6.45) is 0. The number of hydrogen-bond acceptors (Lipinski definition) is 4. The third kappa shape index (κ3) is 3.58. The van der Waals surface area contributed by atoms with Crippen molar-refractivity contribution in [2.75, 3.05) is 13.7 Å². The van der Waals surface area contributed by atoms with Gasteiger partial charge in [0.1, 0.15) is 0 Å². The molecular weight excluding hydrogens is 232 g/mol. The number of benzene rings is 1. The third-order valence-corrected chi connectivity index (χ3v) is 1.93. The first kappa shape index (κ1) is 13.2. The molecule has 17 heavy (non-hydrogen) atoms. The summed E-state index contributed by atoms with van der Waals surface area (Å²) in [6.45, 7) is -0.884. The molecule has 1 aromatic carbocycles. The molecule has 0 aromatic heterocycles. The monoisotopic (exact) mass is 245 g/mol. The highest BCUT2D eigenvalue weighted by atomic mass is 19.3. The maximum Gasteiger partial charge on any atom is 0.387 e. The standard InChI is InChI=1S/C11H13F2NO3/c1-3-16-10(14)7-4-5-8(15-2)9(6-7)17-11(12)13/h4-6,11,14H,3H2,1-2H3. The molecule has 0 aliphatic rings. The van der Waals surface area contributed by atoms with Crippen molar-refractivity contribution in [1.82, 2.24) is 0 Å². The van der Waals surface area contributed by atoms with Crippen LogP contribution < -0.4 is 9.47 Å². The molecule has 0 atom stereocenters. The molecule has 1 rings (SSSR count). The number of ether oxygens (including phenoxy) is 3. The molecule has 0 aliphatic carbocycles. The Kier molecular flexibility index (Phi) is 4.68. The second-order valence-electron chi connectivity index (χ2n) is 3.01. The first-order valence-electron chi connectivity index (χ1n) is 4.93. The minimum absolute atomic E-state index is 0.103. The summed E-state index contributed by atoms with van der Waals surface area (Å²) in [5, 5.41) is 7.53. The molecule has 1 N–H and O–H groups in total. The fraction of sp³-hybridized carbons (Fsp3) is 0.364. The zero-order valence-corrected chi connectivity index (χ0v) is 9.50. The second kappa shape index (κ2) is 6.03. The lowest BCUT2D eigenvalue weighted by atomic mass is 10.2. The highest BCUT2D eigenvalue weighted by molar-refractivity contribution is 5.92. The van der Waals surface area contributed by atoms with Crippen molar-refractivity contribution in [2.45, 2.75) is 13.5 Å². The summed E-state index contributed by atoms with van der Waals surface area (Å²) in [7, 11) is 1.35. The van der Waals surface area contributed by atoms with Crippen LogP contribution in [0.3, 0.4) is 0 Å². The number of nitrogens with one attached hydrogen (secondary N) is 1. The molecule has 0 heterocycles. The van der Waals surface area contributed by atoms with Crippen molar-refractivity contribution in [3.05, 3.63) is 23.8 Å². The van der Waals surface area contributed by atoms with E-state index >= 15 is 0 Å². The number of hydrogen-bond donors (Lipinski definition) is 1. The van der Waals surface area contributed by atoms with Crippen LogP contribution in [0.5, 0.6) is 11.5 Å². The van der Waals surface area contributed by atoms with Gasteiger partial charge in [0.05, 0.1) is 13.7 Å². The van der Waals surface area contributed by atoms with E-state index in [0.29, 0.717) is 12.2 Å². The highest BCUT2D eigenvalue weighted by Crippen LogP contribution is 2.29. The Balaban J connectivity index is 2.99. The van der Waals surface area contributed by atoms with Crippen LogP contribution >= 0.6 is 0 Å². The summed E-state index contributed by atoms with van der Waals surface area (Å²) >= 11 is 0. The van der Waals surface area contributed by atoms with Gasteiger partial charge < -0.3 is 14.2 Å².